The van der Waals surface area contributed by atoms with Gasteiger partial charge < -0.3 is 10.1 Å². The Balaban J connectivity index is 1.95. The number of rotatable bonds is 2. The van der Waals surface area contributed by atoms with Crippen LogP contribution in [-0.4, -0.2) is 36.3 Å². The molecule has 0 radical (unpaired) electrons. The summed E-state index contributed by atoms with van der Waals surface area (Å²) in [6.45, 7) is 3.14. The van der Waals surface area contributed by atoms with E-state index < -0.39 is 0 Å². The van der Waals surface area contributed by atoms with Gasteiger partial charge in [0.2, 0.25) is 5.91 Å². The summed E-state index contributed by atoms with van der Waals surface area (Å²) in [6.07, 6.45) is 1.52. The molecule has 2 amide bonds. The van der Waals surface area contributed by atoms with Gasteiger partial charge >= 0.3 is 0 Å². The van der Waals surface area contributed by atoms with E-state index in [2.05, 4.69) is 15.8 Å². The molecule has 2 aliphatic rings. The standard InChI is InChI=1S/C10H15N3O3/c1-10(4-5-16-6-10)11-9(15)7-2-3-8(14)13-12-7/h2-6H2,1H3,(H,11,15)(H,13,14). The Labute approximate surface area is 93.4 Å². The Kier molecular flexibility index (Phi) is 2.91. The number of hydrogen-bond acceptors (Lipinski definition) is 4. The van der Waals surface area contributed by atoms with Crippen LogP contribution < -0.4 is 10.7 Å². The van der Waals surface area contributed by atoms with Crippen molar-refractivity contribution in [2.75, 3.05) is 13.2 Å². The van der Waals surface area contributed by atoms with E-state index in [9.17, 15) is 9.59 Å². The van der Waals surface area contributed by atoms with E-state index >= 15 is 0 Å². The minimum atomic E-state index is -0.305. The zero-order chi connectivity index (χ0) is 11.6. The lowest BCUT2D eigenvalue weighted by Crippen LogP contribution is -2.50. The van der Waals surface area contributed by atoms with Crippen LogP contribution in [0.2, 0.25) is 0 Å². The molecule has 2 heterocycles. The quantitative estimate of drug-likeness (QED) is 0.668. The number of carbonyl (C=O) groups excluding carboxylic acids is 2. The molecule has 2 aliphatic heterocycles. The normalized spacial score (nSPS) is 29.6. The average molecular weight is 225 g/mol. The van der Waals surface area contributed by atoms with Crippen molar-refractivity contribution in [3.05, 3.63) is 0 Å². The summed E-state index contributed by atoms with van der Waals surface area (Å²) in [7, 11) is 0. The van der Waals surface area contributed by atoms with Crippen LogP contribution >= 0.6 is 0 Å². The van der Waals surface area contributed by atoms with Crippen LogP contribution in [0.5, 0.6) is 0 Å². The van der Waals surface area contributed by atoms with Gasteiger partial charge in [0.05, 0.1) is 12.1 Å². The fraction of sp³-hybridized carbons (Fsp3) is 0.700. The van der Waals surface area contributed by atoms with Gasteiger partial charge in [-0.3, -0.25) is 9.59 Å². The Bertz CT molecular complexity index is 345. The Morgan fingerprint density at radius 2 is 2.38 bits per heavy atom. The maximum absolute atomic E-state index is 11.8. The summed E-state index contributed by atoms with van der Waals surface area (Å²) in [6, 6.07) is 0. The lowest BCUT2D eigenvalue weighted by molar-refractivity contribution is -0.121. The lowest BCUT2D eigenvalue weighted by atomic mass is 10.0. The predicted octanol–water partition coefficient (Wildman–Crippen LogP) is -0.452. The van der Waals surface area contributed by atoms with E-state index in [1.54, 1.807) is 0 Å². The maximum atomic E-state index is 11.8. The molecule has 6 heteroatoms. The third-order valence-electron chi connectivity index (χ3n) is 2.80. The number of carbonyl (C=O) groups is 2. The first-order valence-electron chi connectivity index (χ1n) is 5.35. The highest BCUT2D eigenvalue weighted by Gasteiger charge is 2.32. The number of nitrogens with zero attached hydrogens (tertiary/aromatic N) is 1. The number of amides is 2. The smallest absolute Gasteiger partial charge is 0.267 e. The van der Waals surface area contributed by atoms with Crippen molar-refractivity contribution in [3.8, 4) is 0 Å². The van der Waals surface area contributed by atoms with Crippen LogP contribution in [0.4, 0.5) is 0 Å². The molecule has 2 N–H and O–H groups in total. The van der Waals surface area contributed by atoms with Crippen molar-refractivity contribution < 1.29 is 14.3 Å². The summed E-state index contributed by atoms with van der Waals surface area (Å²) in [5.74, 6) is -0.361. The zero-order valence-corrected chi connectivity index (χ0v) is 9.21. The van der Waals surface area contributed by atoms with E-state index in [4.69, 9.17) is 4.74 Å². The Hall–Kier alpha value is -1.43. The summed E-state index contributed by atoms with van der Waals surface area (Å²) < 4.78 is 5.24. The van der Waals surface area contributed by atoms with Gasteiger partial charge in [-0.2, -0.15) is 5.10 Å². The number of hydrogen-bond donors (Lipinski definition) is 2. The molecule has 2 rings (SSSR count). The molecule has 0 aromatic carbocycles. The molecule has 0 aliphatic carbocycles. The van der Waals surface area contributed by atoms with Crippen LogP contribution in [0.1, 0.15) is 26.2 Å². The third kappa shape index (κ3) is 2.38. The van der Waals surface area contributed by atoms with Crippen molar-refractivity contribution in [3.63, 3.8) is 0 Å². The molecule has 0 bridgehead atoms. The van der Waals surface area contributed by atoms with Gasteiger partial charge in [0, 0.05) is 19.4 Å². The van der Waals surface area contributed by atoms with Crippen LogP contribution in [0.25, 0.3) is 0 Å². The molecule has 16 heavy (non-hydrogen) atoms. The van der Waals surface area contributed by atoms with Gasteiger partial charge in [-0.25, -0.2) is 5.43 Å². The highest BCUT2D eigenvalue weighted by molar-refractivity contribution is 6.39. The van der Waals surface area contributed by atoms with Gasteiger partial charge in [-0.05, 0) is 13.3 Å². The van der Waals surface area contributed by atoms with Crippen LogP contribution in [0.3, 0.4) is 0 Å². The second kappa shape index (κ2) is 4.21. The van der Waals surface area contributed by atoms with Crippen molar-refractivity contribution >= 4 is 17.5 Å². The first-order valence-corrected chi connectivity index (χ1v) is 5.35. The molecule has 0 aromatic rings. The highest BCUT2D eigenvalue weighted by atomic mass is 16.5. The van der Waals surface area contributed by atoms with Gasteiger partial charge in [0.15, 0.2) is 0 Å². The van der Waals surface area contributed by atoms with Gasteiger partial charge in [0.25, 0.3) is 5.91 Å². The summed E-state index contributed by atoms with van der Waals surface area (Å²) in [5, 5.41) is 6.64. The molecule has 0 spiro atoms. The minimum Gasteiger partial charge on any atom is -0.379 e. The van der Waals surface area contributed by atoms with E-state index in [0.29, 0.717) is 31.8 Å². The van der Waals surface area contributed by atoms with Gasteiger partial charge in [-0.15, -0.1) is 0 Å². The predicted molar refractivity (Wildman–Crippen MR) is 56.8 cm³/mol. The number of ether oxygens (including phenoxy) is 1. The average Bonchev–Trinajstić information content (AvgIpc) is 2.65. The summed E-state index contributed by atoms with van der Waals surface area (Å²) in [5.41, 5.74) is 2.39. The van der Waals surface area contributed by atoms with Crippen LogP contribution in [-0.2, 0) is 14.3 Å². The Morgan fingerprint density at radius 3 is 2.94 bits per heavy atom. The molecule has 1 unspecified atom stereocenters. The maximum Gasteiger partial charge on any atom is 0.267 e. The highest BCUT2D eigenvalue weighted by Crippen LogP contribution is 2.17. The number of hydrazone groups is 1. The topological polar surface area (TPSA) is 79.8 Å². The molecule has 1 atom stereocenters. The van der Waals surface area contributed by atoms with Crippen LogP contribution in [0.15, 0.2) is 5.10 Å². The van der Waals surface area contributed by atoms with E-state index in [0.717, 1.165) is 6.42 Å². The monoisotopic (exact) mass is 225 g/mol. The van der Waals surface area contributed by atoms with E-state index in [1.165, 1.54) is 0 Å². The SMILES string of the molecule is CC1(NC(=O)C2=NNC(=O)CC2)CCOC1. The van der Waals surface area contributed by atoms with Gasteiger partial charge in [-0.1, -0.05) is 0 Å². The fourth-order valence-electron chi connectivity index (χ4n) is 1.75. The lowest BCUT2D eigenvalue weighted by Gasteiger charge is -2.24. The van der Waals surface area contributed by atoms with Crippen molar-refractivity contribution in [1.29, 1.82) is 0 Å². The van der Waals surface area contributed by atoms with Crippen molar-refractivity contribution in [1.82, 2.24) is 10.7 Å². The second-order valence-corrected chi connectivity index (χ2v) is 4.41. The molecule has 1 saturated heterocycles. The molecule has 6 nitrogen and oxygen atoms in total. The van der Waals surface area contributed by atoms with E-state index in [-0.39, 0.29) is 17.4 Å². The molecule has 0 saturated carbocycles. The second-order valence-electron chi connectivity index (χ2n) is 4.41. The summed E-state index contributed by atoms with van der Waals surface area (Å²) in [4.78, 5) is 22.7. The molecular formula is C10H15N3O3. The van der Waals surface area contributed by atoms with E-state index in [1.807, 2.05) is 6.92 Å². The zero-order valence-electron chi connectivity index (χ0n) is 9.21. The first-order chi connectivity index (χ1) is 7.59. The summed E-state index contributed by atoms with van der Waals surface area (Å²) >= 11 is 0. The Morgan fingerprint density at radius 1 is 1.56 bits per heavy atom. The largest absolute Gasteiger partial charge is 0.379 e. The number of nitrogens with one attached hydrogen (secondary N) is 2. The van der Waals surface area contributed by atoms with Gasteiger partial charge in [0.1, 0.15) is 5.71 Å². The molecule has 0 aromatic heterocycles. The molecular weight excluding hydrogens is 210 g/mol. The fourth-order valence-corrected chi connectivity index (χ4v) is 1.75. The van der Waals surface area contributed by atoms with Crippen LogP contribution in [0, 0.1) is 0 Å². The minimum absolute atomic E-state index is 0.146. The van der Waals surface area contributed by atoms with Crippen molar-refractivity contribution in [2.45, 2.75) is 31.7 Å². The first kappa shape index (κ1) is 11.1. The third-order valence-corrected chi connectivity index (χ3v) is 2.80. The molecule has 88 valence electrons. The van der Waals surface area contributed by atoms with Crippen molar-refractivity contribution in [2.24, 2.45) is 5.10 Å². The molecule has 1 fully saturated rings.